The number of thiophene rings is 1. The summed E-state index contributed by atoms with van der Waals surface area (Å²) in [5.41, 5.74) is 7.22. The Hall–Kier alpha value is -0.870. The fourth-order valence-corrected chi connectivity index (χ4v) is 3.78. The quantitative estimate of drug-likeness (QED) is 0.801. The second kappa shape index (κ2) is 3.86. The highest BCUT2D eigenvalue weighted by Crippen LogP contribution is 2.31. The molecular formula is C12H16N2OS. The molecule has 0 radical (unpaired) electrons. The molecule has 86 valence electrons. The summed E-state index contributed by atoms with van der Waals surface area (Å²) in [5.74, 6) is 0.187. The highest BCUT2D eigenvalue weighted by Gasteiger charge is 2.27. The number of carbonyl (C=O) groups is 1. The lowest BCUT2D eigenvalue weighted by Crippen LogP contribution is -2.31. The van der Waals surface area contributed by atoms with Crippen molar-refractivity contribution in [3.63, 3.8) is 0 Å². The third-order valence-electron chi connectivity index (χ3n) is 3.47. The van der Waals surface area contributed by atoms with Crippen molar-refractivity contribution in [3.8, 4) is 0 Å². The lowest BCUT2D eigenvalue weighted by Gasteiger charge is -2.14. The minimum atomic E-state index is 0.177. The normalized spacial score (nSPS) is 23.8. The van der Waals surface area contributed by atoms with Crippen LogP contribution in [0.5, 0.6) is 0 Å². The van der Waals surface area contributed by atoms with Crippen molar-refractivity contribution in [2.45, 2.75) is 31.7 Å². The monoisotopic (exact) mass is 236 g/mol. The van der Waals surface area contributed by atoms with E-state index in [4.69, 9.17) is 5.73 Å². The Labute approximate surface area is 99.2 Å². The van der Waals surface area contributed by atoms with Gasteiger partial charge in [0.1, 0.15) is 0 Å². The van der Waals surface area contributed by atoms with Gasteiger partial charge in [0.05, 0.1) is 4.88 Å². The molecule has 2 heterocycles. The third kappa shape index (κ3) is 1.66. The molecule has 0 saturated carbocycles. The molecule has 3 nitrogen and oxygen atoms in total. The number of nitrogens with two attached hydrogens (primary N) is 1. The molecule has 1 aromatic rings. The minimum absolute atomic E-state index is 0.177. The molecule has 1 aliphatic carbocycles. The van der Waals surface area contributed by atoms with Crippen LogP contribution in [0, 0.1) is 0 Å². The molecule has 3 rings (SSSR count). The van der Waals surface area contributed by atoms with Crippen molar-refractivity contribution in [3.05, 3.63) is 21.4 Å². The number of hydrogen-bond acceptors (Lipinski definition) is 3. The molecule has 0 unspecified atom stereocenters. The molecule has 1 atom stereocenters. The van der Waals surface area contributed by atoms with Crippen LogP contribution in [0.15, 0.2) is 6.07 Å². The first-order valence-corrected chi connectivity index (χ1v) is 6.72. The largest absolute Gasteiger partial charge is 0.336 e. The number of hydrogen-bond donors (Lipinski definition) is 1. The standard InChI is InChI=1S/C12H16N2OS/c13-9-4-5-14(7-9)12(15)11-6-8-2-1-3-10(8)16-11/h6,9H,1-5,7,13H2/t9-/m0/s1. The first kappa shape index (κ1) is 10.3. The highest BCUT2D eigenvalue weighted by atomic mass is 32.1. The summed E-state index contributed by atoms with van der Waals surface area (Å²) < 4.78 is 0. The predicted molar refractivity (Wildman–Crippen MR) is 64.8 cm³/mol. The number of rotatable bonds is 1. The summed E-state index contributed by atoms with van der Waals surface area (Å²) >= 11 is 1.69. The van der Waals surface area contributed by atoms with Crippen molar-refractivity contribution in [2.75, 3.05) is 13.1 Å². The van der Waals surface area contributed by atoms with E-state index in [0.29, 0.717) is 0 Å². The van der Waals surface area contributed by atoms with Crippen LogP contribution >= 0.6 is 11.3 Å². The van der Waals surface area contributed by atoms with Gasteiger partial charge < -0.3 is 10.6 Å². The van der Waals surface area contributed by atoms with Crippen LogP contribution < -0.4 is 5.73 Å². The Morgan fingerprint density at radius 1 is 1.50 bits per heavy atom. The second-order valence-electron chi connectivity index (χ2n) is 4.71. The summed E-state index contributed by atoms with van der Waals surface area (Å²) in [5, 5.41) is 0. The molecule has 2 aliphatic rings. The molecule has 0 spiro atoms. The van der Waals surface area contributed by atoms with Crippen LogP contribution in [0.3, 0.4) is 0 Å². The summed E-state index contributed by atoms with van der Waals surface area (Å²) in [6, 6.07) is 2.27. The zero-order valence-corrected chi connectivity index (χ0v) is 10.1. The van der Waals surface area contributed by atoms with E-state index >= 15 is 0 Å². The number of amides is 1. The molecule has 4 heteroatoms. The fraction of sp³-hybridized carbons (Fsp3) is 0.583. The average Bonchev–Trinajstić information content (AvgIpc) is 2.89. The van der Waals surface area contributed by atoms with E-state index in [1.807, 2.05) is 4.90 Å². The summed E-state index contributed by atoms with van der Waals surface area (Å²) in [7, 11) is 0. The molecule has 1 saturated heterocycles. The van der Waals surface area contributed by atoms with E-state index in [9.17, 15) is 4.79 Å². The molecule has 0 bridgehead atoms. The van der Waals surface area contributed by atoms with Gasteiger partial charge in [0.25, 0.3) is 5.91 Å². The number of carbonyl (C=O) groups excluding carboxylic acids is 1. The lowest BCUT2D eigenvalue weighted by atomic mass is 10.2. The van der Waals surface area contributed by atoms with Crippen molar-refractivity contribution < 1.29 is 4.79 Å². The van der Waals surface area contributed by atoms with Gasteiger partial charge in [-0.05, 0) is 37.3 Å². The summed E-state index contributed by atoms with van der Waals surface area (Å²) in [6.07, 6.45) is 4.51. The van der Waals surface area contributed by atoms with Gasteiger partial charge in [0.2, 0.25) is 0 Å². The topological polar surface area (TPSA) is 46.3 Å². The van der Waals surface area contributed by atoms with Gasteiger partial charge in [0, 0.05) is 24.0 Å². The van der Waals surface area contributed by atoms with Gasteiger partial charge in [0.15, 0.2) is 0 Å². The summed E-state index contributed by atoms with van der Waals surface area (Å²) in [4.78, 5) is 16.4. The number of likely N-dealkylation sites (tertiary alicyclic amines) is 1. The fourth-order valence-electron chi connectivity index (χ4n) is 2.56. The zero-order chi connectivity index (χ0) is 11.1. The lowest BCUT2D eigenvalue weighted by molar-refractivity contribution is 0.0795. The van der Waals surface area contributed by atoms with E-state index in [-0.39, 0.29) is 11.9 Å². The molecule has 0 aromatic carbocycles. The summed E-state index contributed by atoms with van der Waals surface area (Å²) in [6.45, 7) is 1.55. The maximum absolute atomic E-state index is 12.2. The van der Waals surface area contributed by atoms with Crippen LogP contribution in [0.1, 0.15) is 33.0 Å². The van der Waals surface area contributed by atoms with E-state index in [0.717, 1.165) is 37.2 Å². The van der Waals surface area contributed by atoms with Gasteiger partial charge in [-0.3, -0.25) is 4.79 Å². The van der Waals surface area contributed by atoms with E-state index in [1.54, 1.807) is 11.3 Å². The van der Waals surface area contributed by atoms with Crippen LogP contribution in [0.4, 0.5) is 0 Å². The first-order valence-electron chi connectivity index (χ1n) is 5.90. The maximum Gasteiger partial charge on any atom is 0.263 e. The second-order valence-corrected chi connectivity index (χ2v) is 5.85. The maximum atomic E-state index is 12.2. The molecular weight excluding hydrogens is 220 g/mol. The number of aryl methyl sites for hydroxylation is 2. The van der Waals surface area contributed by atoms with Crippen molar-refractivity contribution >= 4 is 17.2 Å². The van der Waals surface area contributed by atoms with Gasteiger partial charge in [-0.1, -0.05) is 0 Å². The first-order chi connectivity index (χ1) is 7.74. The van der Waals surface area contributed by atoms with Gasteiger partial charge in [-0.15, -0.1) is 11.3 Å². The average molecular weight is 236 g/mol. The van der Waals surface area contributed by atoms with Crippen LogP contribution in [0.25, 0.3) is 0 Å². The predicted octanol–water partition coefficient (Wildman–Crippen LogP) is 1.41. The van der Waals surface area contributed by atoms with E-state index < -0.39 is 0 Å². The van der Waals surface area contributed by atoms with Gasteiger partial charge >= 0.3 is 0 Å². The van der Waals surface area contributed by atoms with E-state index in [1.165, 1.54) is 16.9 Å². The molecule has 1 aromatic heterocycles. The molecule has 1 aliphatic heterocycles. The van der Waals surface area contributed by atoms with Crippen molar-refractivity contribution in [2.24, 2.45) is 5.73 Å². The van der Waals surface area contributed by atoms with E-state index in [2.05, 4.69) is 6.07 Å². The van der Waals surface area contributed by atoms with Gasteiger partial charge in [-0.2, -0.15) is 0 Å². The van der Waals surface area contributed by atoms with Crippen LogP contribution in [0.2, 0.25) is 0 Å². The number of nitrogens with zero attached hydrogens (tertiary/aromatic N) is 1. The van der Waals surface area contributed by atoms with Gasteiger partial charge in [-0.25, -0.2) is 0 Å². The molecule has 1 fully saturated rings. The van der Waals surface area contributed by atoms with Crippen LogP contribution in [-0.2, 0) is 12.8 Å². The number of fused-ring (bicyclic) bond motifs is 1. The Balaban J connectivity index is 1.79. The third-order valence-corrected chi connectivity index (χ3v) is 4.69. The SMILES string of the molecule is N[C@H]1CCN(C(=O)c2cc3c(s2)CCC3)C1. The minimum Gasteiger partial charge on any atom is -0.336 e. The van der Waals surface area contributed by atoms with Crippen molar-refractivity contribution in [1.29, 1.82) is 0 Å². The Kier molecular flexibility index (Phi) is 2.48. The zero-order valence-electron chi connectivity index (χ0n) is 9.24. The molecule has 2 N–H and O–H groups in total. The Bertz CT molecular complexity index is 405. The Morgan fingerprint density at radius 2 is 2.38 bits per heavy atom. The molecule has 16 heavy (non-hydrogen) atoms. The van der Waals surface area contributed by atoms with Crippen molar-refractivity contribution in [1.82, 2.24) is 4.90 Å². The Morgan fingerprint density at radius 3 is 3.06 bits per heavy atom. The van der Waals surface area contributed by atoms with Crippen LogP contribution in [-0.4, -0.2) is 29.9 Å². The highest BCUT2D eigenvalue weighted by molar-refractivity contribution is 7.14. The smallest absolute Gasteiger partial charge is 0.263 e. The molecule has 1 amide bonds.